The molecular weight excluding hydrogens is 766 g/mol. The Morgan fingerprint density at radius 3 is 1.60 bits per heavy atom. The first-order valence-corrected chi connectivity index (χ1v) is 18.9. The smallest absolute Gasteiger partial charge is 1.00 e. The number of likely N-dealkylation sites (tertiary alicyclic amines) is 2. The molecular formula is C34H44BrCl2N4NaO4S2. The van der Waals surface area contributed by atoms with Gasteiger partial charge in [0.05, 0.1) is 33.8 Å². The fourth-order valence-corrected chi connectivity index (χ4v) is 6.63. The van der Waals surface area contributed by atoms with Crippen LogP contribution in [-0.2, 0) is 0 Å². The van der Waals surface area contributed by atoms with E-state index in [1.165, 1.54) is 11.3 Å². The maximum atomic E-state index is 8.92. The van der Waals surface area contributed by atoms with Crippen LogP contribution in [0.3, 0.4) is 0 Å². The van der Waals surface area contributed by atoms with Crippen LogP contribution in [0, 0.1) is 0 Å². The summed E-state index contributed by atoms with van der Waals surface area (Å²) in [5.41, 5.74) is 3.35. The molecule has 0 amide bonds. The summed E-state index contributed by atoms with van der Waals surface area (Å²) in [7, 11) is 0. The number of ether oxygens (including phenoxy) is 3. The molecule has 0 saturated carbocycles. The Kier molecular flexibility index (Phi) is 18.5. The fraction of sp³-hybridized carbons (Fsp3) is 0.471. The first kappa shape index (κ1) is 41.5. The van der Waals surface area contributed by atoms with E-state index in [4.69, 9.17) is 42.5 Å². The number of aromatic nitrogens is 2. The Bertz CT molecular complexity index is 1420. The first-order valence-electron chi connectivity index (χ1n) is 15.6. The third kappa shape index (κ3) is 15.1. The summed E-state index contributed by atoms with van der Waals surface area (Å²) in [6, 6.07) is 15.1. The summed E-state index contributed by atoms with van der Waals surface area (Å²) < 4.78 is 19.0. The van der Waals surface area contributed by atoms with Gasteiger partial charge in [0.15, 0.2) is 5.06 Å². The summed E-state index contributed by atoms with van der Waals surface area (Å²) in [6.07, 6.45) is 7.51. The summed E-state index contributed by atoms with van der Waals surface area (Å²) in [5, 5.41) is 11.3. The average molecular weight is 811 g/mol. The van der Waals surface area contributed by atoms with E-state index in [0.29, 0.717) is 6.61 Å². The van der Waals surface area contributed by atoms with E-state index >= 15 is 0 Å². The molecule has 2 fully saturated rings. The number of piperidine rings is 2. The molecule has 2 aromatic heterocycles. The third-order valence-corrected chi connectivity index (χ3v) is 10.6. The molecule has 8 nitrogen and oxygen atoms in total. The Labute approximate surface area is 334 Å². The predicted octanol–water partition coefficient (Wildman–Crippen LogP) is 5.70. The van der Waals surface area contributed by atoms with Gasteiger partial charge in [0.25, 0.3) is 0 Å². The van der Waals surface area contributed by atoms with Gasteiger partial charge in [-0.1, -0.05) is 34.5 Å². The van der Waals surface area contributed by atoms with Crippen molar-refractivity contribution in [1.29, 1.82) is 0 Å². The van der Waals surface area contributed by atoms with Gasteiger partial charge in [-0.25, -0.2) is 4.98 Å². The second kappa shape index (κ2) is 21.4. The van der Waals surface area contributed by atoms with Gasteiger partial charge in [0.1, 0.15) is 29.3 Å². The molecule has 0 unspecified atom stereocenters. The molecule has 4 heterocycles. The van der Waals surface area contributed by atoms with Crippen molar-refractivity contribution in [3.63, 3.8) is 0 Å². The van der Waals surface area contributed by atoms with Crippen molar-refractivity contribution in [2.75, 3.05) is 52.5 Å². The number of rotatable bonds is 10. The van der Waals surface area contributed by atoms with Gasteiger partial charge in [-0.05, 0) is 104 Å². The van der Waals surface area contributed by atoms with Crippen LogP contribution >= 0.6 is 61.8 Å². The van der Waals surface area contributed by atoms with Crippen molar-refractivity contribution in [2.24, 2.45) is 0 Å². The van der Waals surface area contributed by atoms with Crippen molar-refractivity contribution in [3.8, 4) is 16.6 Å². The van der Waals surface area contributed by atoms with E-state index in [-0.39, 0.29) is 48.8 Å². The van der Waals surface area contributed by atoms with Crippen molar-refractivity contribution >= 4 is 61.8 Å². The van der Waals surface area contributed by atoms with Gasteiger partial charge in [-0.2, -0.15) is 0 Å². The van der Waals surface area contributed by atoms with Crippen molar-refractivity contribution in [1.82, 2.24) is 19.8 Å². The van der Waals surface area contributed by atoms with Gasteiger partial charge in [0.2, 0.25) is 0 Å². The summed E-state index contributed by atoms with van der Waals surface area (Å²) in [4.78, 5) is 12.5. The molecule has 0 bridgehead atoms. The molecule has 0 aliphatic carbocycles. The van der Waals surface area contributed by atoms with E-state index in [1.807, 2.05) is 48.5 Å². The molecule has 2 aliphatic heterocycles. The molecule has 0 radical (unpaired) electrons. The first-order chi connectivity index (χ1) is 22.6. The molecule has 0 atom stereocenters. The standard InChI is InChI=1S/C17H21ClN2O2S.C14H20ClNO2.C3H2BrNS.Na.H/c1-17(22-15-4-2-14(18)3-5-15)6-8-20(9-7-17)10-11-21-16-12-19-13-23-16;1-14(6-8-16(9-7-14)10-11-17)18-13-4-2-12(15)3-5-13;4-3-1-5-2-6-3;;/h2-5,12-13H,6-11H2,1H3;2-5,17H,6-11H2,1H3;1-2H;;/q;;;+1;-1. The van der Waals surface area contributed by atoms with Crippen molar-refractivity contribution in [3.05, 3.63) is 85.8 Å². The van der Waals surface area contributed by atoms with Crippen LogP contribution in [0.5, 0.6) is 16.6 Å². The van der Waals surface area contributed by atoms with E-state index in [0.717, 1.165) is 95.3 Å². The van der Waals surface area contributed by atoms with Gasteiger partial charge >= 0.3 is 29.6 Å². The van der Waals surface area contributed by atoms with Gasteiger partial charge in [0, 0.05) is 49.3 Å². The minimum atomic E-state index is -0.111. The maximum absolute atomic E-state index is 8.92. The van der Waals surface area contributed by atoms with Crippen LogP contribution < -0.4 is 43.8 Å². The summed E-state index contributed by atoms with van der Waals surface area (Å²) >= 11 is 18.1. The molecule has 48 heavy (non-hydrogen) atoms. The number of nitrogens with zero attached hydrogens (tertiary/aromatic N) is 4. The zero-order chi connectivity index (χ0) is 33.5. The monoisotopic (exact) mass is 808 g/mol. The van der Waals surface area contributed by atoms with E-state index in [2.05, 4.69) is 49.5 Å². The normalized spacial score (nSPS) is 17.0. The van der Waals surface area contributed by atoms with Crippen LogP contribution in [0.1, 0.15) is 41.0 Å². The number of thiazole rings is 2. The molecule has 2 saturated heterocycles. The maximum Gasteiger partial charge on any atom is 1.00 e. The average Bonchev–Trinajstić information content (AvgIpc) is 3.77. The molecule has 2 aromatic carbocycles. The van der Waals surface area contributed by atoms with E-state index in [1.54, 1.807) is 34.8 Å². The largest absolute Gasteiger partial charge is 1.00 e. The SMILES string of the molecule is Brc1cncs1.CC1(Oc2ccc(Cl)cc2)CCN(CCO)CC1.CC1(Oc2ccc(Cl)cc2)CCN(CCOc2cncs2)CC1.[H-].[Na+]. The molecule has 2 aliphatic rings. The van der Waals surface area contributed by atoms with E-state index in [9.17, 15) is 0 Å². The number of hydrogen-bond acceptors (Lipinski definition) is 10. The van der Waals surface area contributed by atoms with Crippen LogP contribution in [0.2, 0.25) is 10.0 Å². The molecule has 1 N–H and O–H groups in total. The Morgan fingerprint density at radius 1 is 0.771 bits per heavy atom. The summed E-state index contributed by atoms with van der Waals surface area (Å²) in [6.45, 7) is 11.0. The van der Waals surface area contributed by atoms with Gasteiger partial charge in [-0.15, -0.1) is 11.3 Å². The second-order valence-electron chi connectivity index (χ2n) is 11.9. The van der Waals surface area contributed by atoms with Crippen LogP contribution in [-0.4, -0.2) is 88.6 Å². The molecule has 4 aromatic rings. The Hall–Kier alpha value is -0.960. The minimum absolute atomic E-state index is 0. The zero-order valence-corrected chi connectivity index (χ0v) is 34.6. The topological polar surface area (TPSA) is 80.2 Å². The van der Waals surface area contributed by atoms with Crippen LogP contribution in [0.15, 0.2) is 75.7 Å². The number of benzene rings is 2. The van der Waals surface area contributed by atoms with Gasteiger partial charge < -0.3 is 25.6 Å². The number of halogens is 3. The Balaban J connectivity index is 0.000000286. The zero-order valence-electron chi connectivity index (χ0n) is 28.8. The minimum Gasteiger partial charge on any atom is -1.00 e. The van der Waals surface area contributed by atoms with Crippen LogP contribution in [0.25, 0.3) is 0 Å². The number of aliphatic hydroxyl groups is 1. The molecule has 14 heteroatoms. The van der Waals surface area contributed by atoms with Crippen LogP contribution in [0.4, 0.5) is 0 Å². The Morgan fingerprint density at radius 2 is 1.23 bits per heavy atom. The third-order valence-electron chi connectivity index (χ3n) is 8.06. The quantitative estimate of drug-likeness (QED) is 0.205. The molecule has 0 spiro atoms. The predicted molar refractivity (Wildman–Crippen MR) is 198 cm³/mol. The molecule has 258 valence electrons. The number of aliphatic hydroxyl groups excluding tert-OH is 1. The van der Waals surface area contributed by atoms with Crippen molar-refractivity contribution < 1.29 is 50.3 Å². The van der Waals surface area contributed by atoms with E-state index < -0.39 is 0 Å². The number of β-amino-alcohol motifs (C(OH)–C–C–N with tert-alkyl or cyclic N) is 1. The fourth-order valence-electron chi connectivity index (χ4n) is 5.17. The van der Waals surface area contributed by atoms with Crippen molar-refractivity contribution in [2.45, 2.75) is 50.7 Å². The molecule has 6 rings (SSSR count). The second-order valence-corrected chi connectivity index (χ2v) is 15.9. The number of hydrogen-bond donors (Lipinski definition) is 1. The van der Waals surface area contributed by atoms with Gasteiger partial charge in [-0.3, -0.25) is 9.88 Å². The summed E-state index contributed by atoms with van der Waals surface area (Å²) in [5.74, 6) is 1.76.